The van der Waals surface area contributed by atoms with Crippen molar-refractivity contribution in [2.24, 2.45) is 5.92 Å². The van der Waals surface area contributed by atoms with E-state index in [9.17, 15) is 10.1 Å². The maximum absolute atomic E-state index is 12.8. The first-order valence-electron chi connectivity index (χ1n) is 8.77. The average Bonchev–Trinajstić information content (AvgIpc) is 3.19. The normalized spacial score (nSPS) is 16.1. The molecule has 132 valence electrons. The minimum atomic E-state index is -0.352. The van der Waals surface area contributed by atoms with Gasteiger partial charge in [0.05, 0.1) is 11.7 Å². The number of pyridine rings is 1. The van der Waals surface area contributed by atoms with Crippen LogP contribution in [-0.2, 0) is 4.79 Å². The van der Waals surface area contributed by atoms with Gasteiger partial charge in [0.2, 0.25) is 0 Å². The molecule has 0 spiro atoms. The van der Waals surface area contributed by atoms with Crippen LogP contribution in [0.4, 0.5) is 0 Å². The second-order valence-electron chi connectivity index (χ2n) is 6.46. The van der Waals surface area contributed by atoms with E-state index in [1.54, 1.807) is 12.1 Å². The maximum atomic E-state index is 12.8. The van der Waals surface area contributed by atoms with Gasteiger partial charge in [0.15, 0.2) is 0 Å². The molecule has 2 aromatic rings. The van der Waals surface area contributed by atoms with Gasteiger partial charge >= 0.3 is 0 Å². The molecule has 4 nitrogen and oxygen atoms in total. The molecule has 1 amide bonds. The fourth-order valence-corrected chi connectivity index (χ4v) is 3.80. The van der Waals surface area contributed by atoms with Gasteiger partial charge in [-0.1, -0.05) is 49.2 Å². The van der Waals surface area contributed by atoms with E-state index < -0.39 is 0 Å². The smallest absolute Gasteiger partial charge is 0.262 e. The van der Waals surface area contributed by atoms with E-state index in [1.165, 1.54) is 18.9 Å². The number of nitriles is 1. The first-order chi connectivity index (χ1) is 12.7. The summed E-state index contributed by atoms with van der Waals surface area (Å²) in [5.74, 6) is 0.0558. The average molecular weight is 410 g/mol. The van der Waals surface area contributed by atoms with Crippen LogP contribution in [-0.4, -0.2) is 10.9 Å². The molecule has 0 aliphatic heterocycles. The molecule has 0 unspecified atom stereocenters. The lowest BCUT2D eigenvalue weighted by molar-refractivity contribution is -0.118. The molecule has 0 bridgehead atoms. The molecule has 1 N–H and O–H groups in total. The van der Waals surface area contributed by atoms with Crippen molar-refractivity contribution >= 4 is 27.9 Å². The van der Waals surface area contributed by atoms with Gasteiger partial charge < -0.3 is 5.32 Å². The summed E-state index contributed by atoms with van der Waals surface area (Å²) in [5.41, 5.74) is 1.73. The second kappa shape index (κ2) is 8.77. The van der Waals surface area contributed by atoms with E-state index in [4.69, 9.17) is 0 Å². The van der Waals surface area contributed by atoms with E-state index in [0.717, 1.165) is 18.4 Å². The van der Waals surface area contributed by atoms with Crippen molar-refractivity contribution in [1.82, 2.24) is 10.3 Å². The third kappa shape index (κ3) is 4.59. The molecule has 1 aliphatic carbocycles. The Kier molecular flexibility index (Phi) is 6.19. The first kappa shape index (κ1) is 18.3. The summed E-state index contributed by atoms with van der Waals surface area (Å²) < 4.78 is 0.664. The van der Waals surface area contributed by atoms with Crippen molar-refractivity contribution in [2.45, 2.75) is 31.7 Å². The number of benzene rings is 1. The Balaban J connectivity index is 1.83. The lowest BCUT2D eigenvalue weighted by atomic mass is 9.91. The zero-order valence-corrected chi connectivity index (χ0v) is 15.9. The van der Waals surface area contributed by atoms with Crippen molar-refractivity contribution in [3.8, 4) is 6.07 Å². The third-order valence-corrected chi connectivity index (χ3v) is 5.15. The molecular formula is C21H20BrN3O. The molecule has 1 aromatic carbocycles. The molecule has 5 heteroatoms. The predicted molar refractivity (Wildman–Crippen MR) is 105 cm³/mol. The van der Waals surface area contributed by atoms with Gasteiger partial charge in [0, 0.05) is 0 Å². The third-order valence-electron chi connectivity index (χ3n) is 4.71. The zero-order chi connectivity index (χ0) is 18.4. The highest BCUT2D eigenvalue weighted by atomic mass is 79.9. The first-order valence-corrected chi connectivity index (χ1v) is 9.57. The van der Waals surface area contributed by atoms with Gasteiger partial charge in [-0.25, -0.2) is 4.98 Å². The summed E-state index contributed by atoms with van der Waals surface area (Å²) in [7, 11) is 0. The molecule has 1 heterocycles. The van der Waals surface area contributed by atoms with Crippen LogP contribution in [0.25, 0.3) is 6.08 Å². The van der Waals surface area contributed by atoms with Gasteiger partial charge in [-0.2, -0.15) is 5.26 Å². The van der Waals surface area contributed by atoms with Gasteiger partial charge in [0.25, 0.3) is 5.91 Å². The Morgan fingerprint density at radius 3 is 2.58 bits per heavy atom. The molecule has 0 saturated heterocycles. The highest BCUT2D eigenvalue weighted by Crippen LogP contribution is 2.35. The van der Waals surface area contributed by atoms with E-state index in [2.05, 4.69) is 26.2 Å². The number of amides is 1. The van der Waals surface area contributed by atoms with E-state index in [-0.39, 0.29) is 17.5 Å². The fourth-order valence-electron chi connectivity index (χ4n) is 3.44. The molecule has 1 aliphatic rings. The quantitative estimate of drug-likeness (QED) is 0.438. The van der Waals surface area contributed by atoms with E-state index >= 15 is 0 Å². The number of rotatable bonds is 5. The van der Waals surface area contributed by atoms with Crippen molar-refractivity contribution < 1.29 is 4.79 Å². The number of aromatic nitrogens is 1. The van der Waals surface area contributed by atoms with Crippen LogP contribution < -0.4 is 5.32 Å². The van der Waals surface area contributed by atoms with Crippen molar-refractivity contribution in [3.05, 3.63) is 70.0 Å². The number of carbonyl (C=O) groups excluding carboxylic acids is 1. The predicted octanol–water partition coefficient (Wildman–Crippen LogP) is 4.80. The van der Waals surface area contributed by atoms with Crippen LogP contribution >= 0.6 is 15.9 Å². The van der Waals surface area contributed by atoms with E-state index in [1.807, 2.05) is 42.5 Å². The number of hydrogen-bond donors (Lipinski definition) is 1. The minimum absolute atomic E-state index is 0.0644. The van der Waals surface area contributed by atoms with Crippen LogP contribution in [0.15, 0.2) is 58.7 Å². The van der Waals surface area contributed by atoms with Crippen LogP contribution in [0.2, 0.25) is 0 Å². The molecule has 1 fully saturated rings. The van der Waals surface area contributed by atoms with Crippen LogP contribution in [0.5, 0.6) is 0 Å². The maximum Gasteiger partial charge on any atom is 0.262 e. The summed E-state index contributed by atoms with van der Waals surface area (Å²) in [4.78, 5) is 17.0. The van der Waals surface area contributed by atoms with Gasteiger partial charge in [0.1, 0.15) is 16.2 Å². The summed E-state index contributed by atoms with van der Waals surface area (Å²) in [6.45, 7) is 0. The lowest BCUT2D eigenvalue weighted by Crippen LogP contribution is -2.33. The Morgan fingerprint density at radius 1 is 1.19 bits per heavy atom. The Morgan fingerprint density at radius 2 is 1.92 bits per heavy atom. The molecule has 1 saturated carbocycles. The van der Waals surface area contributed by atoms with Crippen LogP contribution in [0.3, 0.4) is 0 Å². The van der Waals surface area contributed by atoms with Crippen molar-refractivity contribution in [2.75, 3.05) is 0 Å². The summed E-state index contributed by atoms with van der Waals surface area (Å²) in [6, 6.07) is 17.3. The second-order valence-corrected chi connectivity index (χ2v) is 7.27. The fraction of sp³-hybridized carbons (Fsp3) is 0.286. The van der Waals surface area contributed by atoms with Crippen LogP contribution in [0.1, 0.15) is 43.0 Å². The highest BCUT2D eigenvalue weighted by molar-refractivity contribution is 9.10. The Hall–Kier alpha value is -2.45. The standard InChI is InChI=1S/C21H20BrN3O/c22-19-12-6-11-18(24-19)13-17(14-23)21(26)25-20(16-9-4-5-10-16)15-7-2-1-3-8-15/h1-3,6-8,11-13,16,20H,4-5,9-10H2,(H,25,26)/t20-/m1/s1. The number of halogens is 1. The van der Waals surface area contributed by atoms with Crippen molar-refractivity contribution in [1.29, 1.82) is 5.26 Å². The Bertz CT molecular complexity index is 836. The monoisotopic (exact) mass is 409 g/mol. The summed E-state index contributed by atoms with van der Waals surface area (Å²) in [5, 5.41) is 12.5. The number of nitrogens with one attached hydrogen (secondary N) is 1. The topological polar surface area (TPSA) is 65.8 Å². The largest absolute Gasteiger partial charge is 0.344 e. The number of hydrogen-bond acceptors (Lipinski definition) is 3. The van der Waals surface area contributed by atoms with Gasteiger partial charge in [-0.15, -0.1) is 0 Å². The molecule has 26 heavy (non-hydrogen) atoms. The van der Waals surface area contributed by atoms with Gasteiger partial charge in [-0.05, 0) is 58.5 Å². The molecule has 1 aromatic heterocycles. The lowest BCUT2D eigenvalue weighted by Gasteiger charge is -2.25. The molecule has 3 rings (SSSR count). The van der Waals surface area contributed by atoms with Gasteiger partial charge in [-0.3, -0.25) is 4.79 Å². The van der Waals surface area contributed by atoms with E-state index in [0.29, 0.717) is 16.2 Å². The summed E-state index contributed by atoms with van der Waals surface area (Å²) >= 11 is 3.30. The molecular weight excluding hydrogens is 390 g/mol. The summed E-state index contributed by atoms with van der Waals surface area (Å²) in [6.07, 6.45) is 6.09. The zero-order valence-electron chi connectivity index (χ0n) is 14.4. The van der Waals surface area contributed by atoms with Crippen molar-refractivity contribution in [3.63, 3.8) is 0 Å². The molecule has 0 radical (unpaired) electrons. The highest BCUT2D eigenvalue weighted by Gasteiger charge is 2.28. The Labute approximate surface area is 162 Å². The minimum Gasteiger partial charge on any atom is -0.344 e. The number of nitrogens with zero attached hydrogens (tertiary/aromatic N) is 2. The molecule has 1 atom stereocenters. The SMILES string of the molecule is N#CC(=Cc1cccc(Br)n1)C(=O)N[C@H](c1ccccc1)C1CCCC1. The number of carbonyl (C=O) groups is 1. The van der Waals surface area contributed by atoms with Crippen LogP contribution in [0, 0.1) is 17.2 Å².